The lowest BCUT2D eigenvalue weighted by Gasteiger charge is -2.27. The number of nitrogens with zero attached hydrogens (tertiary/aromatic N) is 1. The lowest BCUT2D eigenvalue weighted by atomic mass is 9.83. The normalized spacial score (nSPS) is 17.8. The largest absolute Gasteiger partial charge is 0.350 e. The first-order valence-electron chi connectivity index (χ1n) is 10.2. The topological polar surface area (TPSA) is 78.5 Å². The van der Waals surface area contributed by atoms with Gasteiger partial charge in [0, 0.05) is 18.0 Å². The minimum atomic E-state index is -1.27. The third kappa shape index (κ3) is 4.50. The summed E-state index contributed by atoms with van der Waals surface area (Å²) in [4.78, 5) is 39.9. The van der Waals surface area contributed by atoms with Gasteiger partial charge in [-0.1, -0.05) is 84.4 Å². The van der Waals surface area contributed by atoms with E-state index < -0.39 is 23.4 Å². The summed E-state index contributed by atoms with van der Waals surface area (Å²) >= 11 is 5.97. The van der Waals surface area contributed by atoms with Crippen LogP contribution in [0.15, 0.2) is 84.9 Å². The Bertz CT molecular complexity index is 1140. The first-order chi connectivity index (χ1) is 15.5. The Kier molecular flexibility index (Phi) is 6.23. The maximum Gasteiger partial charge on any atom is 0.325 e. The maximum atomic E-state index is 13.5. The van der Waals surface area contributed by atoms with E-state index in [4.69, 9.17) is 11.6 Å². The summed E-state index contributed by atoms with van der Waals surface area (Å²) in [5.41, 5.74) is 1.12. The quantitative estimate of drug-likeness (QED) is 0.543. The summed E-state index contributed by atoms with van der Waals surface area (Å²) in [5, 5.41) is 6.17. The van der Waals surface area contributed by atoms with Gasteiger partial charge in [-0.25, -0.2) is 4.79 Å². The molecule has 1 fully saturated rings. The van der Waals surface area contributed by atoms with Crippen LogP contribution in [0.1, 0.15) is 16.7 Å². The van der Waals surface area contributed by atoms with Crippen molar-refractivity contribution in [1.29, 1.82) is 0 Å². The number of nitrogens with one attached hydrogen (secondary N) is 2. The molecule has 6 nitrogen and oxygen atoms in total. The van der Waals surface area contributed by atoms with E-state index in [9.17, 15) is 14.4 Å². The molecule has 32 heavy (non-hydrogen) atoms. The number of hydrogen-bond acceptors (Lipinski definition) is 3. The van der Waals surface area contributed by atoms with Gasteiger partial charge in [0.15, 0.2) is 5.54 Å². The van der Waals surface area contributed by atoms with Gasteiger partial charge in [0.1, 0.15) is 6.54 Å². The van der Waals surface area contributed by atoms with Crippen LogP contribution in [0.3, 0.4) is 0 Å². The molecular weight excluding hydrogens is 426 g/mol. The average molecular weight is 448 g/mol. The third-order valence-corrected chi connectivity index (χ3v) is 5.67. The van der Waals surface area contributed by atoms with Gasteiger partial charge in [-0.15, -0.1) is 0 Å². The highest BCUT2D eigenvalue weighted by molar-refractivity contribution is 6.30. The van der Waals surface area contributed by atoms with Crippen LogP contribution >= 0.6 is 11.6 Å². The van der Waals surface area contributed by atoms with Crippen molar-refractivity contribution in [3.05, 3.63) is 107 Å². The van der Waals surface area contributed by atoms with Gasteiger partial charge in [-0.05, 0) is 28.8 Å². The van der Waals surface area contributed by atoms with Crippen LogP contribution in [0, 0.1) is 0 Å². The molecule has 3 aromatic carbocycles. The van der Waals surface area contributed by atoms with Crippen LogP contribution in [-0.2, 0) is 28.1 Å². The number of benzene rings is 3. The van der Waals surface area contributed by atoms with Crippen molar-refractivity contribution >= 4 is 29.4 Å². The zero-order chi connectivity index (χ0) is 22.6. The second-order valence-electron chi connectivity index (χ2n) is 7.66. The zero-order valence-electron chi connectivity index (χ0n) is 17.3. The number of carbonyl (C=O) groups is 3. The Morgan fingerprint density at radius 3 is 2.25 bits per heavy atom. The van der Waals surface area contributed by atoms with Gasteiger partial charge in [0.2, 0.25) is 5.91 Å². The fourth-order valence-corrected chi connectivity index (χ4v) is 4.07. The van der Waals surface area contributed by atoms with E-state index in [1.165, 1.54) is 0 Å². The van der Waals surface area contributed by atoms with Crippen molar-refractivity contribution in [2.45, 2.75) is 18.5 Å². The molecule has 4 amide bonds. The van der Waals surface area contributed by atoms with Crippen molar-refractivity contribution in [1.82, 2.24) is 15.5 Å². The van der Waals surface area contributed by atoms with Gasteiger partial charge in [0.05, 0.1) is 0 Å². The molecule has 0 saturated carbocycles. The molecule has 1 aliphatic rings. The van der Waals surface area contributed by atoms with Crippen LogP contribution in [0.25, 0.3) is 0 Å². The molecule has 7 heteroatoms. The number of imide groups is 1. The van der Waals surface area contributed by atoms with Crippen LogP contribution in [0.5, 0.6) is 0 Å². The van der Waals surface area contributed by atoms with Crippen molar-refractivity contribution in [3.63, 3.8) is 0 Å². The Hall–Kier alpha value is -3.64. The van der Waals surface area contributed by atoms with Gasteiger partial charge >= 0.3 is 6.03 Å². The molecule has 0 aliphatic carbocycles. The number of carbonyl (C=O) groups excluding carboxylic acids is 3. The number of halogens is 1. The molecule has 1 atom stereocenters. The Morgan fingerprint density at radius 1 is 0.906 bits per heavy atom. The van der Waals surface area contributed by atoms with Gasteiger partial charge in [-0.3, -0.25) is 14.5 Å². The number of hydrogen-bond donors (Lipinski definition) is 2. The monoisotopic (exact) mass is 447 g/mol. The predicted octanol–water partition coefficient (Wildman–Crippen LogP) is 3.65. The van der Waals surface area contributed by atoms with Crippen molar-refractivity contribution in [2.24, 2.45) is 0 Å². The zero-order valence-corrected chi connectivity index (χ0v) is 18.0. The summed E-state index contributed by atoms with van der Waals surface area (Å²) in [5.74, 6) is -0.882. The number of rotatable bonds is 7. The minimum Gasteiger partial charge on any atom is -0.350 e. The molecule has 1 unspecified atom stereocenters. The van der Waals surface area contributed by atoms with E-state index in [1.807, 2.05) is 66.7 Å². The Balaban J connectivity index is 1.53. The van der Waals surface area contributed by atoms with Crippen molar-refractivity contribution in [2.75, 3.05) is 6.54 Å². The third-order valence-electron chi connectivity index (χ3n) is 5.43. The van der Waals surface area contributed by atoms with Crippen LogP contribution in [0.4, 0.5) is 4.79 Å². The standard InChI is InChI=1S/C25H22ClN3O3/c26-21-13-7-10-19(14-21)16-27-22(30)17-29-23(31)25(28-24(29)32,20-11-5-2-6-12-20)15-18-8-3-1-4-9-18/h1-14H,15-17H2,(H,27,30)(H,28,32). The molecule has 1 saturated heterocycles. The SMILES string of the molecule is O=C(CN1C(=O)NC(Cc2ccccc2)(c2ccccc2)C1=O)NCc1cccc(Cl)c1. The first-order valence-corrected chi connectivity index (χ1v) is 10.6. The van der Waals surface area contributed by atoms with Crippen LogP contribution < -0.4 is 10.6 Å². The molecule has 2 N–H and O–H groups in total. The lowest BCUT2D eigenvalue weighted by Crippen LogP contribution is -2.46. The lowest BCUT2D eigenvalue weighted by molar-refractivity contribution is -0.135. The van der Waals surface area contributed by atoms with Gasteiger partial charge in [-0.2, -0.15) is 0 Å². The molecule has 162 valence electrons. The Labute approximate surface area is 191 Å². The van der Waals surface area contributed by atoms with Crippen molar-refractivity contribution in [3.8, 4) is 0 Å². The number of amides is 4. The fraction of sp³-hybridized carbons (Fsp3) is 0.160. The molecule has 4 rings (SSSR count). The van der Waals surface area contributed by atoms with Gasteiger partial charge < -0.3 is 10.6 Å². The highest BCUT2D eigenvalue weighted by Gasteiger charge is 2.52. The van der Waals surface area contributed by atoms with Crippen molar-refractivity contribution < 1.29 is 14.4 Å². The molecule has 0 bridgehead atoms. The predicted molar refractivity (Wildman–Crippen MR) is 122 cm³/mol. The minimum absolute atomic E-state index is 0.247. The van der Waals surface area contributed by atoms with E-state index in [-0.39, 0.29) is 19.5 Å². The maximum absolute atomic E-state index is 13.5. The summed E-state index contributed by atoms with van der Waals surface area (Å²) in [6.07, 6.45) is 0.281. The summed E-state index contributed by atoms with van der Waals surface area (Å²) in [6.45, 7) is -0.120. The van der Waals surface area contributed by atoms with E-state index in [0.717, 1.165) is 16.0 Å². The Morgan fingerprint density at radius 2 is 1.56 bits per heavy atom. The average Bonchev–Trinajstić information content (AvgIpc) is 3.04. The second kappa shape index (κ2) is 9.24. The number of urea groups is 1. The van der Waals surface area contributed by atoms with E-state index >= 15 is 0 Å². The highest BCUT2D eigenvalue weighted by Crippen LogP contribution is 2.32. The van der Waals surface area contributed by atoms with E-state index in [1.54, 1.807) is 18.2 Å². The second-order valence-corrected chi connectivity index (χ2v) is 8.10. The first kappa shape index (κ1) is 21.6. The molecule has 3 aromatic rings. The smallest absolute Gasteiger partial charge is 0.325 e. The van der Waals surface area contributed by atoms with Crippen LogP contribution in [0.2, 0.25) is 5.02 Å². The van der Waals surface area contributed by atoms with E-state index in [2.05, 4.69) is 10.6 Å². The summed E-state index contributed by atoms with van der Waals surface area (Å²) < 4.78 is 0. The summed E-state index contributed by atoms with van der Waals surface area (Å²) in [6, 6.07) is 25.1. The summed E-state index contributed by atoms with van der Waals surface area (Å²) in [7, 11) is 0. The molecule has 0 aromatic heterocycles. The molecule has 1 heterocycles. The van der Waals surface area contributed by atoms with Crippen LogP contribution in [-0.4, -0.2) is 29.3 Å². The van der Waals surface area contributed by atoms with Gasteiger partial charge in [0.25, 0.3) is 5.91 Å². The molecule has 0 spiro atoms. The molecular formula is C25H22ClN3O3. The van der Waals surface area contributed by atoms with E-state index in [0.29, 0.717) is 10.6 Å². The molecule has 0 radical (unpaired) electrons. The fourth-order valence-electron chi connectivity index (χ4n) is 3.86. The molecule has 1 aliphatic heterocycles. The highest BCUT2D eigenvalue weighted by atomic mass is 35.5.